The number of phenols is 1. The van der Waals surface area contributed by atoms with E-state index in [1.54, 1.807) is 6.07 Å². The molecule has 2 aliphatic rings. The van der Waals surface area contributed by atoms with Gasteiger partial charge in [0.2, 0.25) is 0 Å². The second-order valence-electron chi connectivity index (χ2n) is 9.07. The highest BCUT2D eigenvalue weighted by Gasteiger charge is 2.42. The number of β-amino-alcohol motifs (C(OH)–C–C–N with tert-alkyl or cyclic N) is 1. The Morgan fingerprint density at radius 2 is 1.87 bits per heavy atom. The van der Waals surface area contributed by atoms with E-state index in [0.717, 1.165) is 37.2 Å². The first-order valence-corrected chi connectivity index (χ1v) is 11.9. The van der Waals surface area contributed by atoms with Crippen LogP contribution in [-0.4, -0.2) is 76.3 Å². The summed E-state index contributed by atoms with van der Waals surface area (Å²) in [5.74, 6) is -2.34. The first-order valence-electron chi connectivity index (χ1n) is 11.6. The lowest BCUT2D eigenvalue weighted by Crippen LogP contribution is -2.49. The number of aliphatic hydroxyl groups excluding tert-OH is 1. The van der Waals surface area contributed by atoms with Crippen molar-refractivity contribution >= 4 is 29.3 Å². The van der Waals surface area contributed by atoms with E-state index in [1.807, 2.05) is 0 Å². The number of hydrogen-bond acceptors (Lipinski definition) is 7. The molecule has 214 valence electrons. The van der Waals surface area contributed by atoms with Gasteiger partial charge in [-0.3, -0.25) is 0 Å². The number of amides is 2. The highest BCUT2D eigenvalue weighted by molar-refractivity contribution is 6.32. The van der Waals surface area contributed by atoms with Gasteiger partial charge < -0.3 is 40.7 Å². The minimum Gasteiger partial charge on any atom is -0.506 e. The molecule has 2 aromatic carbocycles. The average molecular weight is 580 g/mol. The summed E-state index contributed by atoms with van der Waals surface area (Å²) in [6.07, 6.45) is -3.66. The number of piperidine rings is 1. The van der Waals surface area contributed by atoms with Gasteiger partial charge in [0.1, 0.15) is 41.4 Å². The molecule has 2 amide bonds. The Kier molecular flexibility index (Phi) is 9.35. The van der Waals surface area contributed by atoms with E-state index in [0.29, 0.717) is 13.0 Å². The minimum absolute atomic E-state index is 0.0305. The van der Waals surface area contributed by atoms with Crippen LogP contribution in [0, 0.1) is 5.82 Å². The zero-order valence-corrected chi connectivity index (χ0v) is 21.1. The van der Waals surface area contributed by atoms with Crippen LogP contribution in [-0.2, 0) is 11.2 Å². The van der Waals surface area contributed by atoms with Gasteiger partial charge in [0, 0.05) is 50.5 Å². The van der Waals surface area contributed by atoms with Gasteiger partial charge >= 0.3 is 18.2 Å². The number of aliphatic hydroxyl groups is 1. The highest BCUT2D eigenvalue weighted by Crippen LogP contribution is 2.41. The maximum absolute atomic E-state index is 13.5. The number of anilines is 1. The minimum atomic E-state index is -5.08. The number of ether oxygens (including phenoxy) is 2. The molecule has 1 fully saturated rings. The number of phenolic OH excluding ortho intramolecular Hbond substituents is 1. The Bertz CT molecular complexity index is 1210. The zero-order chi connectivity index (χ0) is 29.0. The molecule has 0 radical (unpaired) electrons. The number of aliphatic carboxylic acids is 1. The summed E-state index contributed by atoms with van der Waals surface area (Å²) >= 11 is 5.87. The lowest BCUT2D eigenvalue weighted by molar-refractivity contribution is -0.192. The van der Waals surface area contributed by atoms with Crippen LogP contribution in [0.3, 0.4) is 0 Å². The quantitative estimate of drug-likeness (QED) is 0.257. The summed E-state index contributed by atoms with van der Waals surface area (Å²) in [5.41, 5.74) is 5.93. The van der Waals surface area contributed by atoms with Gasteiger partial charge in [0.15, 0.2) is 0 Å². The molecule has 2 aliphatic heterocycles. The van der Waals surface area contributed by atoms with Gasteiger partial charge in [-0.25, -0.2) is 14.0 Å². The number of nitrogens with zero attached hydrogens (tertiary/aromatic N) is 1. The number of rotatable bonds is 6. The molecule has 2 aromatic rings. The number of fused-ring (bicyclic) bond motifs is 1. The standard InChI is InChI=1S/C22H25ClFN3O5.C2HF3O2/c23-16-8-17(26-21(25)30)20(9-18(16)29)31-12-15(28)11-27-5-3-22(4-6-27)10-13-7-14(24)1-2-19(13)32-22;3-2(4,5)1(6)7/h1-2,7-9,15,28-29H,3-6,10-12H2,(H3,25,26,30);(H,6,7)/t15-;/m0./s1. The van der Waals surface area contributed by atoms with E-state index in [-0.39, 0.29) is 40.2 Å². The number of carbonyl (C=O) groups excluding carboxylic acids is 1. The first kappa shape index (κ1) is 30.1. The molecule has 1 atom stereocenters. The molecule has 1 spiro atoms. The van der Waals surface area contributed by atoms with Crippen molar-refractivity contribution in [2.75, 3.05) is 31.6 Å². The number of carbonyl (C=O) groups is 2. The Labute approximate surface area is 224 Å². The molecule has 0 aliphatic carbocycles. The maximum atomic E-state index is 13.5. The van der Waals surface area contributed by atoms with Crippen LogP contribution in [0.25, 0.3) is 0 Å². The lowest BCUT2D eigenvalue weighted by Gasteiger charge is -2.39. The smallest absolute Gasteiger partial charge is 0.490 e. The third-order valence-electron chi connectivity index (χ3n) is 6.08. The van der Waals surface area contributed by atoms with Crippen LogP contribution in [0.4, 0.5) is 28.0 Å². The van der Waals surface area contributed by atoms with Crippen molar-refractivity contribution in [1.29, 1.82) is 0 Å². The predicted molar refractivity (Wildman–Crippen MR) is 131 cm³/mol. The molecule has 39 heavy (non-hydrogen) atoms. The number of carboxylic acids is 1. The Morgan fingerprint density at radius 1 is 1.23 bits per heavy atom. The van der Waals surface area contributed by atoms with Crippen molar-refractivity contribution in [3.63, 3.8) is 0 Å². The number of aromatic hydroxyl groups is 1. The zero-order valence-electron chi connectivity index (χ0n) is 20.3. The van der Waals surface area contributed by atoms with Gasteiger partial charge in [0.25, 0.3) is 0 Å². The molecule has 0 saturated carbocycles. The number of nitrogens with one attached hydrogen (secondary N) is 1. The van der Waals surface area contributed by atoms with E-state index in [4.69, 9.17) is 36.7 Å². The lowest BCUT2D eigenvalue weighted by atomic mass is 9.87. The van der Waals surface area contributed by atoms with Crippen molar-refractivity contribution < 1.29 is 51.9 Å². The van der Waals surface area contributed by atoms with Crippen LogP contribution >= 0.6 is 11.6 Å². The summed E-state index contributed by atoms with van der Waals surface area (Å²) in [7, 11) is 0. The Hall–Kier alpha value is -3.49. The first-order chi connectivity index (χ1) is 18.2. The summed E-state index contributed by atoms with van der Waals surface area (Å²) in [4.78, 5) is 22.2. The molecule has 6 N–H and O–H groups in total. The number of hydrogen-bond donors (Lipinski definition) is 5. The number of likely N-dealkylation sites (tertiary alicyclic amines) is 1. The molecular weight excluding hydrogens is 554 g/mol. The van der Waals surface area contributed by atoms with Gasteiger partial charge in [0.05, 0.1) is 10.7 Å². The largest absolute Gasteiger partial charge is 0.506 e. The van der Waals surface area contributed by atoms with E-state index < -0.39 is 24.3 Å². The number of primary amides is 1. The van der Waals surface area contributed by atoms with E-state index in [9.17, 15) is 32.6 Å². The molecule has 0 aromatic heterocycles. The fourth-order valence-electron chi connectivity index (χ4n) is 4.25. The number of benzene rings is 2. The van der Waals surface area contributed by atoms with Gasteiger partial charge in [-0.1, -0.05) is 11.6 Å². The number of urea groups is 1. The molecule has 0 bridgehead atoms. The molecule has 2 heterocycles. The van der Waals surface area contributed by atoms with E-state index in [2.05, 4.69) is 10.2 Å². The van der Waals surface area contributed by atoms with Gasteiger partial charge in [-0.05, 0) is 24.3 Å². The molecule has 15 heteroatoms. The maximum Gasteiger partial charge on any atom is 0.490 e. The second-order valence-corrected chi connectivity index (χ2v) is 9.48. The number of halogens is 5. The average Bonchev–Trinajstić information content (AvgIpc) is 3.18. The van der Waals surface area contributed by atoms with Crippen molar-refractivity contribution in [2.45, 2.75) is 37.1 Å². The fourth-order valence-corrected chi connectivity index (χ4v) is 4.42. The predicted octanol–water partition coefficient (Wildman–Crippen LogP) is 3.52. The van der Waals surface area contributed by atoms with E-state index in [1.165, 1.54) is 24.3 Å². The Morgan fingerprint density at radius 3 is 2.46 bits per heavy atom. The summed E-state index contributed by atoms with van der Waals surface area (Å²) in [6.45, 7) is 1.78. The fraction of sp³-hybridized carbons (Fsp3) is 0.417. The van der Waals surface area contributed by atoms with Crippen LogP contribution in [0.1, 0.15) is 18.4 Å². The summed E-state index contributed by atoms with van der Waals surface area (Å²) < 4.78 is 57.0. The number of alkyl halides is 3. The topological polar surface area (TPSA) is 155 Å². The highest BCUT2D eigenvalue weighted by atomic mass is 35.5. The SMILES string of the molecule is NC(=O)Nc1cc(Cl)c(O)cc1OC[C@@H](O)CN1CCC2(CC1)Cc1cc(F)ccc1O2.O=C(O)C(F)(F)F. The number of carboxylic acid groups (broad SMARTS) is 1. The van der Waals surface area contributed by atoms with Gasteiger partial charge in [-0.15, -0.1) is 0 Å². The molecule has 0 unspecified atom stereocenters. The van der Waals surface area contributed by atoms with Crippen molar-refractivity contribution in [2.24, 2.45) is 5.73 Å². The molecular formula is C24H26ClF4N3O7. The van der Waals surface area contributed by atoms with Crippen molar-refractivity contribution in [3.8, 4) is 17.2 Å². The molecule has 10 nitrogen and oxygen atoms in total. The molecule has 4 rings (SSSR count). The van der Waals surface area contributed by atoms with Crippen molar-refractivity contribution in [1.82, 2.24) is 4.90 Å². The van der Waals surface area contributed by atoms with Crippen LogP contribution in [0.5, 0.6) is 17.2 Å². The van der Waals surface area contributed by atoms with Gasteiger partial charge in [-0.2, -0.15) is 13.2 Å². The second kappa shape index (κ2) is 12.1. The Balaban J connectivity index is 0.000000532. The monoisotopic (exact) mass is 579 g/mol. The number of nitrogens with two attached hydrogens (primary N) is 1. The van der Waals surface area contributed by atoms with Crippen LogP contribution in [0.2, 0.25) is 5.02 Å². The third kappa shape index (κ3) is 8.25. The normalized spacial score (nSPS) is 16.9. The van der Waals surface area contributed by atoms with E-state index >= 15 is 0 Å². The van der Waals surface area contributed by atoms with Crippen LogP contribution < -0.4 is 20.5 Å². The summed E-state index contributed by atoms with van der Waals surface area (Å²) in [6, 6.07) is 6.39. The van der Waals surface area contributed by atoms with Crippen LogP contribution in [0.15, 0.2) is 30.3 Å². The molecule has 1 saturated heterocycles. The van der Waals surface area contributed by atoms with Crippen molar-refractivity contribution in [3.05, 3.63) is 46.7 Å². The third-order valence-corrected chi connectivity index (χ3v) is 6.38. The summed E-state index contributed by atoms with van der Waals surface area (Å²) in [5, 5.41) is 29.8.